The first-order valence-electron chi connectivity index (χ1n) is 7.95. The van der Waals surface area contributed by atoms with Crippen LogP contribution in [0.4, 0.5) is 0 Å². The van der Waals surface area contributed by atoms with Gasteiger partial charge in [0.1, 0.15) is 6.61 Å². The van der Waals surface area contributed by atoms with E-state index in [0.29, 0.717) is 19.8 Å². The smallest absolute Gasteiger partial charge is 0.245 e. The minimum absolute atomic E-state index is 0.0806. The molecule has 1 amide bonds. The second-order valence-electron chi connectivity index (χ2n) is 5.35. The van der Waals surface area contributed by atoms with Gasteiger partial charge in [-0.2, -0.15) is 0 Å². The molecule has 0 aromatic heterocycles. The number of carbonyl (C=O) groups excluding carboxylic acids is 2. The molecule has 0 aromatic carbocycles. The van der Waals surface area contributed by atoms with Gasteiger partial charge in [-0.15, -0.1) is 0 Å². The lowest BCUT2D eigenvalue weighted by molar-refractivity contribution is -0.126. The van der Waals surface area contributed by atoms with Gasteiger partial charge in [0.25, 0.3) is 0 Å². The van der Waals surface area contributed by atoms with E-state index in [1.54, 1.807) is 0 Å². The molecule has 0 saturated heterocycles. The van der Waals surface area contributed by atoms with E-state index in [0.717, 1.165) is 38.7 Å². The molecule has 6 heteroatoms. The topological polar surface area (TPSA) is 64.6 Å². The van der Waals surface area contributed by atoms with Crippen molar-refractivity contribution in [3.63, 3.8) is 0 Å². The molecule has 1 N–H and O–H groups in total. The van der Waals surface area contributed by atoms with Gasteiger partial charge in [-0.1, -0.05) is 25.0 Å². The third-order valence-electron chi connectivity index (χ3n) is 3.36. The van der Waals surface area contributed by atoms with Crippen LogP contribution in [0.25, 0.3) is 0 Å². The van der Waals surface area contributed by atoms with Crippen molar-refractivity contribution in [3.8, 4) is 0 Å². The van der Waals surface area contributed by atoms with Crippen LogP contribution >= 0.6 is 22.6 Å². The number of allylic oxidation sites excluding steroid dienone is 2. The Balaban J connectivity index is 1.92. The lowest BCUT2D eigenvalue weighted by Crippen LogP contribution is -2.29. The van der Waals surface area contributed by atoms with Crippen molar-refractivity contribution in [2.45, 2.75) is 39.0 Å². The lowest BCUT2D eigenvalue weighted by atomic mass is 10.0. The number of unbranched alkanes of at least 4 members (excludes halogenated alkanes) is 1. The normalized spacial score (nSPS) is 14.4. The summed E-state index contributed by atoms with van der Waals surface area (Å²) < 4.78 is 10.7. The largest absolute Gasteiger partial charge is 0.379 e. The number of hydrogen-bond acceptors (Lipinski definition) is 4. The molecule has 0 heterocycles. The fourth-order valence-corrected chi connectivity index (χ4v) is 2.78. The highest BCUT2D eigenvalue weighted by Gasteiger charge is 2.24. The summed E-state index contributed by atoms with van der Waals surface area (Å²) in [5, 5.41) is 2.83. The summed E-state index contributed by atoms with van der Waals surface area (Å²) in [6.45, 7) is 4.47. The summed E-state index contributed by atoms with van der Waals surface area (Å²) in [6, 6.07) is 0. The Bertz CT molecular complexity index is 382. The van der Waals surface area contributed by atoms with E-state index in [-0.39, 0.29) is 22.2 Å². The van der Waals surface area contributed by atoms with Crippen molar-refractivity contribution in [3.05, 3.63) is 11.6 Å². The molecule has 1 aliphatic carbocycles. The number of nitrogens with one attached hydrogen (secondary N) is 1. The van der Waals surface area contributed by atoms with Gasteiger partial charge in [-0.25, -0.2) is 0 Å². The van der Waals surface area contributed by atoms with Gasteiger partial charge in [0.05, 0.1) is 13.2 Å². The molecular formula is C16H26INO4. The molecule has 1 unspecified atom stereocenters. The predicted octanol–water partition coefficient (Wildman–Crippen LogP) is 2.62. The van der Waals surface area contributed by atoms with Crippen molar-refractivity contribution in [1.82, 2.24) is 5.32 Å². The van der Waals surface area contributed by atoms with E-state index >= 15 is 0 Å². The summed E-state index contributed by atoms with van der Waals surface area (Å²) in [7, 11) is 0. The van der Waals surface area contributed by atoms with E-state index in [1.165, 1.54) is 5.57 Å². The van der Waals surface area contributed by atoms with Crippen molar-refractivity contribution >= 4 is 32.3 Å². The van der Waals surface area contributed by atoms with Crippen LogP contribution in [0.15, 0.2) is 11.6 Å². The van der Waals surface area contributed by atoms with Crippen LogP contribution < -0.4 is 5.32 Å². The third kappa shape index (κ3) is 9.53. The zero-order valence-corrected chi connectivity index (χ0v) is 15.4. The zero-order chi connectivity index (χ0) is 16.2. The van der Waals surface area contributed by atoms with Crippen molar-refractivity contribution in [1.29, 1.82) is 0 Å². The standard InChI is InChI=1S/C16H26INO4/c1-2-9-21-10-11-22-12-15(19)18-8-4-3-5-14(16(17)20)13-6-7-13/h6,14H,2-5,7-12H2,1H3,(H,18,19). The van der Waals surface area contributed by atoms with Gasteiger partial charge in [0.2, 0.25) is 5.91 Å². The minimum atomic E-state index is -0.0955. The van der Waals surface area contributed by atoms with Crippen LogP contribution in [-0.4, -0.2) is 42.7 Å². The molecular weight excluding hydrogens is 397 g/mol. The monoisotopic (exact) mass is 423 g/mol. The summed E-state index contributed by atoms with van der Waals surface area (Å²) in [6.07, 6.45) is 6.82. The fourth-order valence-electron chi connectivity index (χ4n) is 2.07. The molecule has 0 radical (unpaired) electrons. The maximum absolute atomic E-state index is 11.5. The molecule has 1 rings (SSSR count). The molecule has 126 valence electrons. The van der Waals surface area contributed by atoms with Gasteiger partial charge >= 0.3 is 0 Å². The Hall–Kier alpha value is -0.470. The molecule has 5 nitrogen and oxygen atoms in total. The minimum Gasteiger partial charge on any atom is -0.379 e. The Labute approximate surface area is 146 Å². The highest BCUT2D eigenvalue weighted by Crippen LogP contribution is 2.33. The summed E-state index contributed by atoms with van der Waals surface area (Å²) >= 11 is 1.88. The Morgan fingerprint density at radius 3 is 2.64 bits per heavy atom. The zero-order valence-electron chi connectivity index (χ0n) is 13.2. The van der Waals surface area contributed by atoms with Crippen LogP contribution in [0.2, 0.25) is 0 Å². The quantitative estimate of drug-likeness (QED) is 0.202. The van der Waals surface area contributed by atoms with Gasteiger partial charge in [-0.05, 0) is 25.7 Å². The number of hydrogen-bond donors (Lipinski definition) is 1. The maximum atomic E-state index is 11.5. The Morgan fingerprint density at radius 1 is 1.27 bits per heavy atom. The van der Waals surface area contributed by atoms with Crippen LogP contribution in [-0.2, 0) is 19.1 Å². The van der Waals surface area contributed by atoms with Crippen molar-refractivity contribution in [2.75, 3.05) is 33.0 Å². The average molecular weight is 423 g/mol. The van der Waals surface area contributed by atoms with E-state index in [9.17, 15) is 9.59 Å². The SMILES string of the molecule is CCCOCCOCC(=O)NCCCCC(C(=O)I)C1=CC1. The van der Waals surface area contributed by atoms with Crippen LogP contribution in [0.3, 0.4) is 0 Å². The molecule has 1 aliphatic rings. The van der Waals surface area contributed by atoms with Crippen molar-refractivity contribution < 1.29 is 19.1 Å². The number of rotatable bonds is 14. The van der Waals surface area contributed by atoms with Crippen molar-refractivity contribution in [2.24, 2.45) is 5.92 Å². The Kier molecular flexibility index (Phi) is 10.7. The van der Waals surface area contributed by atoms with Crippen LogP contribution in [0, 0.1) is 5.92 Å². The first kappa shape index (κ1) is 19.6. The number of halogens is 1. The predicted molar refractivity (Wildman–Crippen MR) is 94.0 cm³/mol. The molecule has 0 aromatic rings. The van der Waals surface area contributed by atoms with Crippen LogP contribution in [0.5, 0.6) is 0 Å². The second-order valence-corrected chi connectivity index (χ2v) is 6.41. The average Bonchev–Trinajstić information content (AvgIpc) is 3.30. The number of amides is 1. The fraction of sp³-hybridized carbons (Fsp3) is 0.750. The van der Waals surface area contributed by atoms with E-state index in [1.807, 2.05) is 29.5 Å². The van der Waals surface area contributed by atoms with Gasteiger partial charge in [0.15, 0.2) is 3.79 Å². The van der Waals surface area contributed by atoms with Gasteiger partial charge in [-0.3, -0.25) is 9.59 Å². The number of carbonyl (C=O) groups is 2. The van der Waals surface area contributed by atoms with E-state index in [2.05, 4.69) is 11.4 Å². The molecule has 0 saturated carbocycles. The molecule has 0 bridgehead atoms. The summed E-state index contributed by atoms with van der Waals surface area (Å²) in [5.74, 6) is 0.00432. The first-order valence-corrected chi connectivity index (χ1v) is 9.03. The highest BCUT2D eigenvalue weighted by atomic mass is 127. The van der Waals surface area contributed by atoms with Gasteiger partial charge < -0.3 is 14.8 Å². The van der Waals surface area contributed by atoms with E-state index in [4.69, 9.17) is 9.47 Å². The molecule has 0 fully saturated rings. The molecule has 22 heavy (non-hydrogen) atoms. The Morgan fingerprint density at radius 2 is 2.00 bits per heavy atom. The lowest BCUT2D eigenvalue weighted by Gasteiger charge is -2.10. The molecule has 1 atom stereocenters. The molecule has 0 spiro atoms. The number of ether oxygens (including phenoxy) is 2. The summed E-state index contributed by atoms with van der Waals surface area (Å²) in [4.78, 5) is 23.0. The van der Waals surface area contributed by atoms with Gasteiger partial charge in [0, 0.05) is 41.7 Å². The van der Waals surface area contributed by atoms with E-state index < -0.39 is 0 Å². The van der Waals surface area contributed by atoms with Crippen LogP contribution in [0.1, 0.15) is 39.0 Å². The third-order valence-corrected chi connectivity index (χ3v) is 4.11. The molecule has 0 aliphatic heterocycles. The maximum Gasteiger partial charge on any atom is 0.245 e. The second kappa shape index (κ2) is 12.0. The summed E-state index contributed by atoms with van der Waals surface area (Å²) in [5.41, 5.74) is 1.28. The highest BCUT2D eigenvalue weighted by molar-refractivity contribution is 14.1. The first-order chi connectivity index (χ1) is 10.6.